The Morgan fingerprint density at radius 1 is 1.05 bits per heavy atom. The van der Waals surface area contributed by atoms with Gasteiger partial charge in [-0.1, -0.05) is 57.2 Å². The maximum absolute atomic E-state index is 12.1. The summed E-state index contributed by atoms with van der Waals surface area (Å²) < 4.78 is 0. The molecular weight excluding hydrogens is 268 g/mol. The van der Waals surface area contributed by atoms with E-state index in [1.165, 1.54) is 16.5 Å². The molecule has 0 N–H and O–H groups in total. The van der Waals surface area contributed by atoms with Gasteiger partial charge in [0.15, 0.2) is 5.78 Å². The quantitative estimate of drug-likeness (QED) is 0.639. The van der Waals surface area contributed by atoms with E-state index in [1.54, 1.807) is 6.92 Å². The molecule has 1 aliphatic rings. The molecule has 0 heterocycles. The summed E-state index contributed by atoms with van der Waals surface area (Å²) in [6.07, 6.45) is 5.45. The lowest BCUT2D eigenvalue weighted by Gasteiger charge is -2.18. The van der Waals surface area contributed by atoms with Crippen LogP contribution in [0.4, 0.5) is 0 Å². The molecule has 0 bridgehead atoms. The Labute approximate surface area is 132 Å². The maximum atomic E-state index is 12.1. The SMILES string of the molecule is CC(=O)c1cc2ccccc2cc1C1=CC(C(C)(C)C)=CC1. The van der Waals surface area contributed by atoms with Crippen LogP contribution in [0.15, 0.2) is 54.1 Å². The number of allylic oxidation sites excluding steroid dienone is 4. The number of hydrogen-bond acceptors (Lipinski definition) is 1. The second-order valence-corrected chi connectivity index (χ2v) is 7.08. The van der Waals surface area contributed by atoms with Gasteiger partial charge < -0.3 is 0 Å². The highest BCUT2D eigenvalue weighted by Gasteiger charge is 2.21. The molecule has 0 saturated heterocycles. The van der Waals surface area contributed by atoms with Crippen molar-refractivity contribution >= 4 is 22.1 Å². The first-order chi connectivity index (χ1) is 10.4. The van der Waals surface area contributed by atoms with E-state index >= 15 is 0 Å². The van der Waals surface area contributed by atoms with Crippen LogP contribution in [-0.2, 0) is 0 Å². The van der Waals surface area contributed by atoms with Crippen LogP contribution in [0.2, 0.25) is 0 Å². The first-order valence-electron chi connectivity index (χ1n) is 7.81. The maximum Gasteiger partial charge on any atom is 0.160 e. The van der Waals surface area contributed by atoms with Gasteiger partial charge in [0.2, 0.25) is 0 Å². The molecule has 1 heteroatoms. The van der Waals surface area contributed by atoms with Crippen molar-refractivity contribution in [3.05, 3.63) is 65.3 Å². The highest BCUT2D eigenvalue weighted by atomic mass is 16.1. The summed E-state index contributed by atoms with van der Waals surface area (Å²) >= 11 is 0. The highest BCUT2D eigenvalue weighted by molar-refractivity contribution is 6.04. The van der Waals surface area contributed by atoms with Gasteiger partial charge >= 0.3 is 0 Å². The molecular formula is C21H22O. The number of rotatable bonds is 2. The van der Waals surface area contributed by atoms with E-state index in [0.29, 0.717) is 0 Å². The van der Waals surface area contributed by atoms with Gasteiger partial charge in [0.25, 0.3) is 0 Å². The van der Waals surface area contributed by atoms with E-state index in [-0.39, 0.29) is 11.2 Å². The van der Waals surface area contributed by atoms with Crippen molar-refractivity contribution in [3.63, 3.8) is 0 Å². The number of Topliss-reactive ketones (excluding diaryl/α,β-unsaturated/α-hetero) is 1. The van der Waals surface area contributed by atoms with Gasteiger partial charge in [0.05, 0.1) is 0 Å². The fraction of sp³-hybridized carbons (Fsp3) is 0.286. The van der Waals surface area contributed by atoms with E-state index in [9.17, 15) is 4.79 Å². The van der Waals surface area contributed by atoms with Gasteiger partial charge in [0, 0.05) is 5.56 Å². The zero-order chi connectivity index (χ0) is 15.9. The minimum absolute atomic E-state index is 0.130. The van der Waals surface area contributed by atoms with Crippen molar-refractivity contribution in [1.29, 1.82) is 0 Å². The molecule has 2 aromatic carbocycles. The molecule has 0 amide bonds. The topological polar surface area (TPSA) is 17.1 Å². The molecule has 0 spiro atoms. The van der Waals surface area contributed by atoms with Crippen LogP contribution in [0.5, 0.6) is 0 Å². The van der Waals surface area contributed by atoms with Gasteiger partial charge in [-0.3, -0.25) is 4.79 Å². The van der Waals surface area contributed by atoms with Gasteiger partial charge in [-0.15, -0.1) is 0 Å². The molecule has 1 aliphatic carbocycles. The minimum Gasteiger partial charge on any atom is -0.294 e. The van der Waals surface area contributed by atoms with Crippen LogP contribution >= 0.6 is 0 Å². The van der Waals surface area contributed by atoms with Crippen molar-refractivity contribution in [2.75, 3.05) is 0 Å². The zero-order valence-corrected chi connectivity index (χ0v) is 13.7. The predicted octanol–water partition coefficient (Wildman–Crippen LogP) is 5.80. The second kappa shape index (κ2) is 5.24. The lowest BCUT2D eigenvalue weighted by molar-refractivity contribution is 0.101. The Balaban J connectivity index is 2.15. The summed E-state index contributed by atoms with van der Waals surface area (Å²) in [4.78, 5) is 12.1. The van der Waals surface area contributed by atoms with Crippen LogP contribution in [0, 0.1) is 5.41 Å². The van der Waals surface area contributed by atoms with Crippen molar-refractivity contribution in [2.45, 2.75) is 34.1 Å². The van der Waals surface area contributed by atoms with E-state index in [0.717, 1.165) is 22.9 Å². The average Bonchev–Trinajstić information content (AvgIpc) is 2.95. The van der Waals surface area contributed by atoms with Gasteiger partial charge in [-0.25, -0.2) is 0 Å². The molecule has 3 rings (SSSR count). The van der Waals surface area contributed by atoms with Crippen molar-refractivity contribution in [2.24, 2.45) is 5.41 Å². The third-order valence-corrected chi connectivity index (χ3v) is 4.35. The first-order valence-corrected chi connectivity index (χ1v) is 7.81. The Kier molecular flexibility index (Phi) is 3.52. The molecule has 1 nitrogen and oxygen atoms in total. The Morgan fingerprint density at radius 3 is 2.23 bits per heavy atom. The minimum atomic E-state index is 0.130. The van der Waals surface area contributed by atoms with E-state index < -0.39 is 0 Å². The summed E-state index contributed by atoms with van der Waals surface area (Å²) in [7, 11) is 0. The molecule has 0 fully saturated rings. The highest BCUT2D eigenvalue weighted by Crippen LogP contribution is 2.38. The Bertz CT molecular complexity index is 813. The van der Waals surface area contributed by atoms with Crippen LogP contribution < -0.4 is 0 Å². The van der Waals surface area contributed by atoms with Crippen LogP contribution in [0.25, 0.3) is 16.3 Å². The standard InChI is InChI=1S/C21H22O/c1-14(22)19-12-15-7-5-6-8-16(15)13-20(19)17-9-10-18(11-17)21(2,3)4/h5-8,10-13H,9H2,1-4H3. The number of fused-ring (bicyclic) bond motifs is 1. The van der Waals surface area contributed by atoms with Crippen molar-refractivity contribution in [1.82, 2.24) is 0 Å². The van der Waals surface area contributed by atoms with E-state index in [1.807, 2.05) is 18.2 Å². The Morgan fingerprint density at radius 2 is 1.68 bits per heavy atom. The molecule has 0 aliphatic heterocycles. The normalized spacial score (nSPS) is 14.9. The summed E-state index contributed by atoms with van der Waals surface area (Å²) in [5, 5.41) is 2.31. The largest absolute Gasteiger partial charge is 0.294 e. The third-order valence-electron chi connectivity index (χ3n) is 4.35. The third kappa shape index (κ3) is 2.64. The zero-order valence-electron chi connectivity index (χ0n) is 13.7. The number of hydrogen-bond donors (Lipinski definition) is 0. The lowest BCUT2D eigenvalue weighted by Crippen LogP contribution is -2.06. The van der Waals surface area contributed by atoms with Crippen LogP contribution in [-0.4, -0.2) is 5.78 Å². The van der Waals surface area contributed by atoms with Gasteiger partial charge in [0.1, 0.15) is 0 Å². The van der Waals surface area contributed by atoms with E-state index in [2.05, 4.69) is 51.1 Å². The average molecular weight is 290 g/mol. The molecule has 0 atom stereocenters. The smallest absolute Gasteiger partial charge is 0.160 e. The second-order valence-electron chi connectivity index (χ2n) is 7.08. The first kappa shape index (κ1) is 14.8. The summed E-state index contributed by atoms with van der Waals surface area (Å²) in [6, 6.07) is 12.4. The summed E-state index contributed by atoms with van der Waals surface area (Å²) in [5.74, 6) is 0.130. The number of carbonyl (C=O) groups is 1. The number of ketones is 1. The van der Waals surface area contributed by atoms with Crippen LogP contribution in [0.3, 0.4) is 0 Å². The van der Waals surface area contributed by atoms with Crippen molar-refractivity contribution in [3.8, 4) is 0 Å². The summed E-state index contributed by atoms with van der Waals surface area (Å²) in [6.45, 7) is 8.33. The predicted molar refractivity (Wildman–Crippen MR) is 94.1 cm³/mol. The van der Waals surface area contributed by atoms with Crippen LogP contribution in [0.1, 0.15) is 50.0 Å². The Hall–Kier alpha value is -2.15. The molecule has 0 unspecified atom stereocenters. The van der Waals surface area contributed by atoms with Crippen molar-refractivity contribution < 1.29 is 4.79 Å². The molecule has 112 valence electrons. The molecule has 0 radical (unpaired) electrons. The number of benzene rings is 2. The van der Waals surface area contributed by atoms with Gasteiger partial charge in [-0.05, 0) is 58.4 Å². The molecule has 0 saturated carbocycles. The monoisotopic (exact) mass is 290 g/mol. The summed E-state index contributed by atoms with van der Waals surface area (Å²) in [5.41, 5.74) is 4.66. The molecule has 2 aromatic rings. The lowest BCUT2D eigenvalue weighted by atomic mass is 9.87. The molecule has 0 aromatic heterocycles. The molecule has 22 heavy (non-hydrogen) atoms. The van der Waals surface area contributed by atoms with Gasteiger partial charge in [-0.2, -0.15) is 0 Å². The van der Waals surface area contributed by atoms with E-state index in [4.69, 9.17) is 0 Å². The number of carbonyl (C=O) groups excluding carboxylic acids is 1. The fourth-order valence-electron chi connectivity index (χ4n) is 3.03. The fourth-order valence-corrected chi connectivity index (χ4v) is 3.03.